The van der Waals surface area contributed by atoms with Gasteiger partial charge in [0.05, 0.1) is 27.6 Å². The summed E-state index contributed by atoms with van der Waals surface area (Å²) in [6.07, 6.45) is 6.74. The Morgan fingerprint density at radius 2 is 1.33 bits per heavy atom. The number of aromatic nitrogens is 2. The minimum Gasteiger partial charge on any atom is -0.456 e. The number of hydrogen-bond acceptors (Lipinski definition) is 1. The second-order valence-electron chi connectivity index (χ2n) is 11.7. The predicted octanol–water partition coefficient (Wildman–Crippen LogP) is 10.7. The summed E-state index contributed by atoms with van der Waals surface area (Å²) in [5.41, 5.74) is 10.6. The van der Waals surface area contributed by atoms with Crippen LogP contribution in [0.1, 0.15) is 17.7 Å². The van der Waals surface area contributed by atoms with Crippen LogP contribution in [0, 0.1) is 0 Å². The minimum atomic E-state index is 0.908. The second kappa shape index (κ2) is 8.50. The van der Waals surface area contributed by atoms with Crippen molar-refractivity contribution >= 4 is 71.5 Å². The molecule has 9 aromatic rings. The number of furan rings is 1. The Balaban J connectivity index is 1.36. The average molecular weight is 551 g/mol. The van der Waals surface area contributed by atoms with Crippen LogP contribution in [0.5, 0.6) is 0 Å². The van der Waals surface area contributed by atoms with E-state index < -0.39 is 0 Å². The van der Waals surface area contributed by atoms with Gasteiger partial charge in [-0.15, -0.1) is 0 Å². The molecule has 0 fully saturated rings. The Kier molecular flexibility index (Phi) is 4.56. The van der Waals surface area contributed by atoms with Crippen LogP contribution in [0.3, 0.4) is 0 Å². The Morgan fingerprint density at radius 3 is 2.28 bits per heavy atom. The summed E-state index contributed by atoms with van der Waals surface area (Å²) in [6, 6.07) is 43.9. The van der Waals surface area contributed by atoms with Crippen LogP contribution in [-0.4, -0.2) is 9.13 Å². The maximum Gasteiger partial charge on any atom is 0.137 e. The van der Waals surface area contributed by atoms with Gasteiger partial charge in [0.2, 0.25) is 0 Å². The zero-order valence-electron chi connectivity index (χ0n) is 23.4. The van der Waals surface area contributed by atoms with Gasteiger partial charge in [-0.3, -0.25) is 0 Å². The molecule has 3 nitrogen and oxygen atoms in total. The molecule has 3 aromatic heterocycles. The molecule has 43 heavy (non-hydrogen) atoms. The molecule has 3 heteroatoms. The molecule has 0 N–H and O–H groups in total. The molecule has 0 spiro atoms. The van der Waals surface area contributed by atoms with Gasteiger partial charge in [-0.05, 0) is 72.1 Å². The lowest BCUT2D eigenvalue weighted by Gasteiger charge is -2.14. The third-order valence-corrected chi connectivity index (χ3v) is 9.35. The highest BCUT2D eigenvalue weighted by Gasteiger charge is 2.23. The molecule has 6 aromatic carbocycles. The molecule has 0 amide bonds. The van der Waals surface area contributed by atoms with Gasteiger partial charge < -0.3 is 13.6 Å². The zero-order chi connectivity index (χ0) is 28.1. The molecule has 10 rings (SSSR count). The summed E-state index contributed by atoms with van der Waals surface area (Å²) < 4.78 is 11.3. The number of para-hydroxylation sites is 2. The Bertz CT molecular complexity index is 2620. The number of rotatable bonds is 2. The lowest BCUT2D eigenvalue weighted by atomic mass is 10.0. The first-order chi connectivity index (χ1) is 21.3. The van der Waals surface area contributed by atoms with Gasteiger partial charge in [-0.1, -0.05) is 84.9 Å². The van der Waals surface area contributed by atoms with E-state index in [0.29, 0.717) is 0 Å². The fraction of sp³-hybridized carbons (Fsp3) is 0.0500. The Hall–Kier alpha value is -5.54. The number of nitrogens with zero attached hydrogens (tertiary/aromatic N) is 2. The number of benzene rings is 6. The van der Waals surface area contributed by atoms with Crippen LogP contribution in [-0.2, 0) is 6.42 Å². The number of allylic oxidation sites excluding steroid dienone is 1. The van der Waals surface area contributed by atoms with Crippen LogP contribution < -0.4 is 0 Å². The van der Waals surface area contributed by atoms with E-state index in [0.717, 1.165) is 40.5 Å². The summed E-state index contributed by atoms with van der Waals surface area (Å²) in [6.45, 7) is 0. The van der Waals surface area contributed by atoms with E-state index in [1.54, 1.807) is 0 Å². The standard InChI is InChI=1S/C40H26N2O/c1-2-11-26-22-27(21-20-25(26)10-1)41-33-15-6-3-12-28(33)31-23-32-29-13-4-7-16-34(29)42(37(32)24-36(31)41)35-17-9-19-39-40(35)30-14-5-8-18-38(30)43-39/h1-5,7-14,16-24H,6,15H2. The first kappa shape index (κ1) is 23.1. The summed E-state index contributed by atoms with van der Waals surface area (Å²) in [5, 5.41) is 8.64. The molecular weight excluding hydrogens is 524 g/mol. The SMILES string of the molecule is C1=Cc2c(n(-c3ccc4ccccc4c3)c3cc4c(cc23)c2ccccc2n4-c2cccc3oc4ccccc4c23)CC1. The van der Waals surface area contributed by atoms with E-state index >= 15 is 0 Å². The third kappa shape index (κ3) is 3.14. The summed E-state index contributed by atoms with van der Waals surface area (Å²) in [5.74, 6) is 0. The summed E-state index contributed by atoms with van der Waals surface area (Å²) >= 11 is 0. The first-order valence-electron chi connectivity index (χ1n) is 15.0. The maximum absolute atomic E-state index is 6.33. The third-order valence-electron chi connectivity index (χ3n) is 9.35. The van der Waals surface area contributed by atoms with E-state index in [-0.39, 0.29) is 0 Å². The zero-order valence-corrected chi connectivity index (χ0v) is 23.4. The molecule has 202 valence electrons. The molecular formula is C40H26N2O. The molecule has 0 atom stereocenters. The molecule has 1 aliphatic rings. The lowest BCUT2D eigenvalue weighted by molar-refractivity contribution is 0.669. The highest BCUT2D eigenvalue weighted by Crippen LogP contribution is 2.42. The van der Waals surface area contributed by atoms with Gasteiger partial charge in [-0.25, -0.2) is 0 Å². The highest BCUT2D eigenvalue weighted by molar-refractivity contribution is 6.17. The van der Waals surface area contributed by atoms with Crippen LogP contribution in [0.25, 0.3) is 82.9 Å². The van der Waals surface area contributed by atoms with Crippen molar-refractivity contribution in [3.8, 4) is 11.4 Å². The van der Waals surface area contributed by atoms with Crippen molar-refractivity contribution in [3.63, 3.8) is 0 Å². The second-order valence-corrected chi connectivity index (χ2v) is 11.7. The molecule has 0 aliphatic heterocycles. The molecule has 0 unspecified atom stereocenters. The topological polar surface area (TPSA) is 23.0 Å². The normalized spacial score (nSPS) is 13.3. The predicted molar refractivity (Wildman–Crippen MR) is 180 cm³/mol. The van der Waals surface area contributed by atoms with Crippen LogP contribution in [0.15, 0.2) is 132 Å². The molecule has 0 saturated carbocycles. The first-order valence-corrected chi connectivity index (χ1v) is 15.0. The fourth-order valence-electron chi connectivity index (χ4n) is 7.49. The summed E-state index contributed by atoms with van der Waals surface area (Å²) in [7, 11) is 0. The van der Waals surface area contributed by atoms with E-state index in [4.69, 9.17) is 4.42 Å². The molecule has 0 saturated heterocycles. The van der Waals surface area contributed by atoms with Gasteiger partial charge in [0.25, 0.3) is 0 Å². The van der Waals surface area contributed by atoms with Crippen molar-refractivity contribution in [1.82, 2.24) is 9.13 Å². The minimum absolute atomic E-state index is 0.908. The van der Waals surface area contributed by atoms with Gasteiger partial charge >= 0.3 is 0 Å². The molecule has 3 heterocycles. The van der Waals surface area contributed by atoms with E-state index in [2.05, 4.69) is 137 Å². The average Bonchev–Trinajstić information content (AvgIpc) is 3.71. The molecule has 0 bridgehead atoms. The van der Waals surface area contributed by atoms with E-state index in [9.17, 15) is 0 Å². The van der Waals surface area contributed by atoms with E-state index in [1.165, 1.54) is 60.4 Å². The van der Waals surface area contributed by atoms with Gasteiger partial charge in [0, 0.05) is 38.5 Å². The Morgan fingerprint density at radius 1 is 0.535 bits per heavy atom. The monoisotopic (exact) mass is 550 g/mol. The fourth-order valence-corrected chi connectivity index (χ4v) is 7.49. The van der Waals surface area contributed by atoms with Crippen molar-refractivity contribution in [2.24, 2.45) is 0 Å². The van der Waals surface area contributed by atoms with Crippen molar-refractivity contribution < 1.29 is 4.42 Å². The molecule has 0 radical (unpaired) electrons. The highest BCUT2D eigenvalue weighted by atomic mass is 16.3. The van der Waals surface area contributed by atoms with E-state index in [1.807, 2.05) is 6.07 Å². The van der Waals surface area contributed by atoms with Gasteiger partial charge in [-0.2, -0.15) is 0 Å². The van der Waals surface area contributed by atoms with Crippen LogP contribution in [0.4, 0.5) is 0 Å². The van der Waals surface area contributed by atoms with Gasteiger partial charge in [0.1, 0.15) is 11.2 Å². The van der Waals surface area contributed by atoms with Crippen molar-refractivity contribution in [3.05, 3.63) is 139 Å². The van der Waals surface area contributed by atoms with Crippen molar-refractivity contribution in [2.75, 3.05) is 0 Å². The quantitative estimate of drug-likeness (QED) is 0.210. The number of hydrogen-bond donors (Lipinski definition) is 0. The molecule has 1 aliphatic carbocycles. The van der Waals surface area contributed by atoms with Gasteiger partial charge in [0.15, 0.2) is 0 Å². The van der Waals surface area contributed by atoms with Crippen molar-refractivity contribution in [2.45, 2.75) is 12.8 Å². The van der Waals surface area contributed by atoms with Crippen LogP contribution in [0.2, 0.25) is 0 Å². The number of fused-ring (bicyclic) bond motifs is 10. The largest absolute Gasteiger partial charge is 0.456 e. The van der Waals surface area contributed by atoms with Crippen LogP contribution >= 0.6 is 0 Å². The Labute approximate surface area is 247 Å². The van der Waals surface area contributed by atoms with Crippen molar-refractivity contribution in [1.29, 1.82) is 0 Å². The summed E-state index contributed by atoms with van der Waals surface area (Å²) in [4.78, 5) is 0. The lowest BCUT2D eigenvalue weighted by Crippen LogP contribution is -2.03. The maximum atomic E-state index is 6.33. The smallest absolute Gasteiger partial charge is 0.137 e.